The van der Waals surface area contributed by atoms with Crippen LogP contribution in [0, 0.1) is 0 Å². The highest BCUT2D eigenvalue weighted by Crippen LogP contribution is 2.35. The fourth-order valence-electron chi connectivity index (χ4n) is 1.70. The Bertz CT molecular complexity index is 401. The zero-order valence-electron chi connectivity index (χ0n) is 8.79. The molecule has 0 spiro atoms. The number of ether oxygens (including phenoxy) is 2. The van der Waals surface area contributed by atoms with Gasteiger partial charge in [-0.2, -0.15) is 0 Å². The van der Waals surface area contributed by atoms with Crippen LogP contribution in [0.3, 0.4) is 0 Å². The molecular formula is C11H13NO3. The van der Waals surface area contributed by atoms with Gasteiger partial charge in [0.05, 0.1) is 14.2 Å². The minimum atomic E-state index is 0.143. The zero-order chi connectivity index (χ0) is 10.8. The molecule has 0 bridgehead atoms. The van der Waals surface area contributed by atoms with Gasteiger partial charge in [-0.15, -0.1) is 0 Å². The standard InChI is InChI=1S/C11H13NO3/c1-14-10-5-7-8(6-11(10)15-2)12-4-3-9(7)13/h5-6,12H,3-4H2,1-2H3. The van der Waals surface area contributed by atoms with Crippen molar-refractivity contribution in [2.24, 2.45) is 0 Å². The van der Waals surface area contributed by atoms with Crippen molar-refractivity contribution in [3.63, 3.8) is 0 Å². The molecule has 2 rings (SSSR count). The highest BCUT2D eigenvalue weighted by atomic mass is 16.5. The number of hydrogen-bond acceptors (Lipinski definition) is 4. The van der Waals surface area contributed by atoms with E-state index in [4.69, 9.17) is 9.47 Å². The van der Waals surface area contributed by atoms with Gasteiger partial charge in [0, 0.05) is 30.3 Å². The smallest absolute Gasteiger partial charge is 0.166 e. The summed E-state index contributed by atoms with van der Waals surface area (Å²) in [7, 11) is 3.14. The molecule has 0 saturated carbocycles. The quantitative estimate of drug-likeness (QED) is 0.801. The first-order chi connectivity index (χ1) is 7.26. The Morgan fingerprint density at radius 1 is 1.20 bits per heavy atom. The van der Waals surface area contributed by atoms with Gasteiger partial charge in [0.2, 0.25) is 0 Å². The van der Waals surface area contributed by atoms with Crippen LogP contribution in [0.25, 0.3) is 0 Å². The minimum Gasteiger partial charge on any atom is -0.493 e. The lowest BCUT2D eigenvalue weighted by Gasteiger charge is -2.19. The van der Waals surface area contributed by atoms with Crippen molar-refractivity contribution in [1.82, 2.24) is 0 Å². The molecule has 80 valence electrons. The van der Waals surface area contributed by atoms with Crippen molar-refractivity contribution in [2.75, 3.05) is 26.1 Å². The van der Waals surface area contributed by atoms with E-state index in [2.05, 4.69) is 5.32 Å². The minimum absolute atomic E-state index is 0.143. The van der Waals surface area contributed by atoms with E-state index in [1.807, 2.05) is 0 Å². The van der Waals surface area contributed by atoms with Crippen molar-refractivity contribution in [2.45, 2.75) is 6.42 Å². The maximum absolute atomic E-state index is 11.6. The van der Waals surface area contributed by atoms with Gasteiger partial charge >= 0.3 is 0 Å². The molecule has 15 heavy (non-hydrogen) atoms. The molecule has 1 aromatic carbocycles. The third kappa shape index (κ3) is 1.63. The Labute approximate surface area is 88.2 Å². The Hall–Kier alpha value is -1.71. The first-order valence-corrected chi connectivity index (χ1v) is 4.79. The summed E-state index contributed by atoms with van der Waals surface area (Å²) in [5.74, 6) is 1.37. The van der Waals surface area contributed by atoms with Crippen LogP contribution in [0.2, 0.25) is 0 Å². The van der Waals surface area contributed by atoms with Crippen LogP contribution in [0.15, 0.2) is 12.1 Å². The number of carbonyl (C=O) groups is 1. The highest BCUT2D eigenvalue weighted by molar-refractivity contribution is 6.03. The average molecular weight is 207 g/mol. The van der Waals surface area contributed by atoms with Crippen molar-refractivity contribution in [1.29, 1.82) is 0 Å². The third-order valence-electron chi connectivity index (χ3n) is 2.49. The number of Topliss-reactive ketones (excluding diaryl/α,β-unsaturated/α-hetero) is 1. The van der Waals surface area contributed by atoms with E-state index in [0.29, 0.717) is 30.0 Å². The van der Waals surface area contributed by atoms with Gasteiger partial charge in [-0.05, 0) is 6.07 Å². The van der Waals surface area contributed by atoms with E-state index < -0.39 is 0 Å². The second kappa shape index (κ2) is 3.81. The molecule has 1 aromatic rings. The van der Waals surface area contributed by atoms with Crippen molar-refractivity contribution >= 4 is 11.5 Å². The maximum atomic E-state index is 11.6. The van der Waals surface area contributed by atoms with Gasteiger partial charge in [-0.25, -0.2) is 0 Å². The van der Waals surface area contributed by atoms with E-state index >= 15 is 0 Å². The highest BCUT2D eigenvalue weighted by Gasteiger charge is 2.19. The van der Waals surface area contributed by atoms with Crippen LogP contribution in [0.5, 0.6) is 11.5 Å². The van der Waals surface area contributed by atoms with Crippen LogP contribution in [0.4, 0.5) is 5.69 Å². The Morgan fingerprint density at radius 2 is 1.87 bits per heavy atom. The molecule has 0 amide bonds. The van der Waals surface area contributed by atoms with Gasteiger partial charge in [0.1, 0.15) is 0 Å². The van der Waals surface area contributed by atoms with Gasteiger partial charge in [-0.3, -0.25) is 4.79 Å². The van der Waals surface area contributed by atoms with Gasteiger partial charge in [-0.1, -0.05) is 0 Å². The predicted octanol–water partition coefficient (Wildman–Crippen LogP) is 1.70. The van der Waals surface area contributed by atoms with Gasteiger partial charge < -0.3 is 14.8 Å². The number of nitrogens with one attached hydrogen (secondary N) is 1. The molecule has 1 heterocycles. The van der Waals surface area contributed by atoms with E-state index in [-0.39, 0.29) is 5.78 Å². The number of benzene rings is 1. The Balaban J connectivity index is 2.53. The molecule has 1 aliphatic heterocycles. The molecule has 0 unspecified atom stereocenters. The third-order valence-corrected chi connectivity index (χ3v) is 2.49. The van der Waals surface area contributed by atoms with Crippen LogP contribution in [-0.4, -0.2) is 26.5 Å². The lowest BCUT2D eigenvalue weighted by Crippen LogP contribution is -2.18. The molecular weight excluding hydrogens is 194 g/mol. The molecule has 4 nitrogen and oxygen atoms in total. The molecule has 0 radical (unpaired) electrons. The number of rotatable bonds is 2. The SMILES string of the molecule is COc1cc2c(cc1OC)C(=O)CCN2. The fourth-order valence-corrected chi connectivity index (χ4v) is 1.70. The van der Waals surface area contributed by atoms with Gasteiger partial charge in [0.15, 0.2) is 17.3 Å². The van der Waals surface area contributed by atoms with Gasteiger partial charge in [0.25, 0.3) is 0 Å². The Morgan fingerprint density at radius 3 is 2.53 bits per heavy atom. The molecule has 1 N–H and O–H groups in total. The Kier molecular flexibility index (Phi) is 2.49. The van der Waals surface area contributed by atoms with E-state index in [1.54, 1.807) is 26.4 Å². The van der Waals surface area contributed by atoms with Crippen LogP contribution < -0.4 is 14.8 Å². The second-order valence-electron chi connectivity index (χ2n) is 3.35. The summed E-state index contributed by atoms with van der Waals surface area (Å²) in [6.07, 6.45) is 0.530. The van der Waals surface area contributed by atoms with Crippen LogP contribution in [-0.2, 0) is 0 Å². The summed E-state index contributed by atoms with van der Waals surface area (Å²) in [4.78, 5) is 11.6. The van der Waals surface area contributed by atoms with E-state index in [9.17, 15) is 4.79 Å². The summed E-state index contributed by atoms with van der Waals surface area (Å²) in [6, 6.07) is 3.52. The maximum Gasteiger partial charge on any atom is 0.166 e. The van der Waals surface area contributed by atoms with Crippen LogP contribution in [0.1, 0.15) is 16.8 Å². The average Bonchev–Trinajstić information content (AvgIpc) is 2.28. The molecule has 0 atom stereocenters. The predicted molar refractivity (Wildman–Crippen MR) is 57.0 cm³/mol. The van der Waals surface area contributed by atoms with E-state index in [1.165, 1.54) is 0 Å². The number of ketones is 1. The summed E-state index contributed by atoms with van der Waals surface area (Å²) < 4.78 is 10.3. The monoisotopic (exact) mass is 207 g/mol. The first kappa shape index (κ1) is 9.83. The largest absolute Gasteiger partial charge is 0.493 e. The summed E-state index contributed by atoms with van der Waals surface area (Å²) in [5.41, 5.74) is 1.50. The lowest BCUT2D eigenvalue weighted by atomic mass is 10.0. The number of anilines is 1. The molecule has 0 aliphatic carbocycles. The zero-order valence-corrected chi connectivity index (χ0v) is 8.79. The number of carbonyl (C=O) groups excluding carboxylic acids is 1. The summed E-state index contributed by atoms with van der Waals surface area (Å²) in [5, 5.41) is 3.16. The number of fused-ring (bicyclic) bond motifs is 1. The molecule has 0 aromatic heterocycles. The molecule has 4 heteroatoms. The normalized spacial score (nSPS) is 14.1. The van der Waals surface area contributed by atoms with E-state index in [0.717, 1.165) is 5.69 Å². The second-order valence-corrected chi connectivity index (χ2v) is 3.35. The molecule has 1 aliphatic rings. The summed E-state index contributed by atoms with van der Waals surface area (Å²) >= 11 is 0. The van der Waals surface area contributed by atoms with Crippen molar-refractivity contribution < 1.29 is 14.3 Å². The number of methoxy groups -OCH3 is 2. The lowest BCUT2D eigenvalue weighted by molar-refractivity contribution is 0.0983. The van der Waals surface area contributed by atoms with Crippen molar-refractivity contribution in [3.8, 4) is 11.5 Å². The molecule has 0 fully saturated rings. The van der Waals surface area contributed by atoms with Crippen LogP contribution >= 0.6 is 0 Å². The topological polar surface area (TPSA) is 47.6 Å². The fraction of sp³-hybridized carbons (Fsp3) is 0.364. The molecule has 0 saturated heterocycles. The first-order valence-electron chi connectivity index (χ1n) is 4.79. The number of hydrogen-bond donors (Lipinski definition) is 1. The summed E-state index contributed by atoms with van der Waals surface area (Å²) in [6.45, 7) is 0.682. The van der Waals surface area contributed by atoms with Crippen molar-refractivity contribution in [3.05, 3.63) is 17.7 Å².